The van der Waals surface area contributed by atoms with Crippen LogP contribution in [0.1, 0.15) is 51.9 Å². The lowest BCUT2D eigenvalue weighted by Gasteiger charge is -2.05. The van der Waals surface area contributed by atoms with Crippen molar-refractivity contribution in [1.82, 2.24) is 0 Å². The Balaban J connectivity index is 3.67. The van der Waals surface area contributed by atoms with Crippen molar-refractivity contribution >= 4 is 5.97 Å². The van der Waals surface area contributed by atoms with E-state index in [1.165, 1.54) is 0 Å². The molecule has 1 atom stereocenters. The number of unbranched alkanes of at least 4 members (excludes halogenated alkanes) is 5. The molecule has 0 spiro atoms. The van der Waals surface area contributed by atoms with Crippen molar-refractivity contribution in [3.8, 4) is 35.5 Å². The van der Waals surface area contributed by atoms with Gasteiger partial charge in [0.1, 0.15) is 6.79 Å². The zero-order valence-corrected chi connectivity index (χ0v) is 14.6. The van der Waals surface area contributed by atoms with Crippen molar-refractivity contribution in [2.24, 2.45) is 0 Å². The molecule has 0 amide bonds. The summed E-state index contributed by atoms with van der Waals surface area (Å²) in [6, 6.07) is 0. The molecule has 0 saturated carbocycles. The molecule has 0 aliphatic rings. The maximum atomic E-state index is 10.3. The minimum absolute atomic E-state index is 0.0453. The van der Waals surface area contributed by atoms with Gasteiger partial charge in [0.25, 0.3) is 0 Å². The summed E-state index contributed by atoms with van der Waals surface area (Å²) in [6.07, 6.45) is 9.46. The van der Waals surface area contributed by atoms with Gasteiger partial charge < -0.3 is 14.6 Å². The predicted octanol–water partition coefficient (Wildman–Crippen LogP) is 3.38. The molecular weight excluding hydrogens is 304 g/mol. The van der Waals surface area contributed by atoms with Gasteiger partial charge in [-0.2, -0.15) is 0 Å². The number of allylic oxidation sites excluding steroid dienone is 1. The van der Waals surface area contributed by atoms with Crippen LogP contribution < -0.4 is 0 Å². The first kappa shape index (κ1) is 21.8. The lowest BCUT2D eigenvalue weighted by Crippen LogP contribution is -2.06. The van der Waals surface area contributed by atoms with E-state index in [0.717, 1.165) is 38.5 Å². The van der Waals surface area contributed by atoms with Crippen LogP contribution in [0.5, 0.6) is 0 Å². The number of carbonyl (C=O) groups is 1. The first-order chi connectivity index (χ1) is 11.7. The third kappa shape index (κ3) is 17.9. The number of carboxylic acids is 1. The Hall–Kier alpha value is -2.19. The molecule has 4 nitrogen and oxygen atoms in total. The second kappa shape index (κ2) is 17.2. The van der Waals surface area contributed by atoms with Crippen LogP contribution in [-0.4, -0.2) is 31.1 Å². The van der Waals surface area contributed by atoms with Crippen LogP contribution in [0.2, 0.25) is 0 Å². The molecular formula is C20H26O4. The fraction of sp³-hybridized carbons (Fsp3) is 0.550. The quantitative estimate of drug-likeness (QED) is 0.358. The summed E-state index contributed by atoms with van der Waals surface area (Å²) >= 11 is 0. The number of hydrogen-bond donors (Lipinski definition) is 1. The molecule has 0 bridgehead atoms. The molecule has 0 heterocycles. The van der Waals surface area contributed by atoms with Crippen LogP contribution in [0.15, 0.2) is 12.2 Å². The number of hydrogen-bond acceptors (Lipinski definition) is 3. The summed E-state index contributed by atoms with van der Waals surface area (Å²) in [4.78, 5) is 10.3. The van der Waals surface area contributed by atoms with Crippen molar-refractivity contribution in [1.29, 1.82) is 0 Å². The third-order valence-corrected chi connectivity index (χ3v) is 2.94. The smallest absolute Gasteiger partial charge is 0.303 e. The summed E-state index contributed by atoms with van der Waals surface area (Å²) in [5.74, 6) is 15.9. The standard InChI is InChI=1S/C20H26O4/c1-19(24-18-23-2)16-14-12-10-8-6-4-3-5-7-9-11-13-15-17-20(21)22/h14,16,19H,5,7,9,11,13,15,17-18H2,1-2H3,(H,21,22)/b16-14+. The van der Waals surface area contributed by atoms with Crippen LogP contribution in [0, 0.1) is 35.5 Å². The summed E-state index contributed by atoms with van der Waals surface area (Å²) < 4.78 is 10.0. The molecule has 130 valence electrons. The first-order valence-electron chi connectivity index (χ1n) is 8.14. The van der Waals surface area contributed by atoms with Crippen molar-refractivity contribution in [2.45, 2.75) is 58.0 Å². The van der Waals surface area contributed by atoms with E-state index in [4.69, 9.17) is 14.6 Å². The highest BCUT2D eigenvalue weighted by Gasteiger charge is 1.95. The Morgan fingerprint density at radius 1 is 1.08 bits per heavy atom. The van der Waals surface area contributed by atoms with Gasteiger partial charge in [-0.3, -0.25) is 4.79 Å². The molecule has 0 aliphatic heterocycles. The first-order valence-corrected chi connectivity index (χ1v) is 8.14. The molecule has 1 unspecified atom stereocenters. The largest absolute Gasteiger partial charge is 0.481 e. The van der Waals surface area contributed by atoms with E-state index < -0.39 is 5.97 Å². The van der Waals surface area contributed by atoms with Crippen molar-refractivity contribution in [3.63, 3.8) is 0 Å². The van der Waals surface area contributed by atoms with Crippen molar-refractivity contribution < 1.29 is 19.4 Å². The van der Waals surface area contributed by atoms with E-state index >= 15 is 0 Å². The van der Waals surface area contributed by atoms with Gasteiger partial charge in [-0.15, -0.1) is 0 Å². The predicted molar refractivity (Wildman–Crippen MR) is 94.8 cm³/mol. The van der Waals surface area contributed by atoms with E-state index in [2.05, 4.69) is 35.5 Å². The Kier molecular flexibility index (Phi) is 15.6. The lowest BCUT2D eigenvalue weighted by atomic mass is 10.1. The van der Waals surface area contributed by atoms with E-state index in [-0.39, 0.29) is 19.3 Å². The molecule has 4 heteroatoms. The molecule has 0 rings (SSSR count). The Labute approximate surface area is 145 Å². The second-order valence-electron chi connectivity index (χ2n) is 5.12. The zero-order chi connectivity index (χ0) is 17.9. The minimum atomic E-state index is -0.716. The van der Waals surface area contributed by atoms with Crippen LogP contribution in [0.3, 0.4) is 0 Å². The molecule has 0 aromatic rings. The summed E-state index contributed by atoms with van der Waals surface area (Å²) in [5.41, 5.74) is 0. The fourth-order valence-electron chi connectivity index (χ4n) is 1.68. The second-order valence-corrected chi connectivity index (χ2v) is 5.12. The van der Waals surface area contributed by atoms with Gasteiger partial charge in [-0.25, -0.2) is 0 Å². The van der Waals surface area contributed by atoms with E-state index in [1.807, 2.05) is 13.0 Å². The maximum absolute atomic E-state index is 10.3. The number of methoxy groups -OCH3 is 1. The summed E-state index contributed by atoms with van der Waals surface area (Å²) in [6.45, 7) is 2.16. The Morgan fingerprint density at radius 3 is 2.54 bits per heavy atom. The Morgan fingerprint density at radius 2 is 1.79 bits per heavy atom. The lowest BCUT2D eigenvalue weighted by molar-refractivity contribution is -0.137. The molecule has 0 radical (unpaired) electrons. The molecule has 24 heavy (non-hydrogen) atoms. The molecule has 0 saturated heterocycles. The van der Waals surface area contributed by atoms with E-state index in [0.29, 0.717) is 0 Å². The number of rotatable bonds is 11. The van der Waals surface area contributed by atoms with E-state index in [1.54, 1.807) is 13.2 Å². The maximum Gasteiger partial charge on any atom is 0.303 e. The number of ether oxygens (including phenoxy) is 2. The van der Waals surface area contributed by atoms with Gasteiger partial charge in [0.2, 0.25) is 0 Å². The highest BCUT2D eigenvalue weighted by atomic mass is 16.7. The topological polar surface area (TPSA) is 55.8 Å². The van der Waals surface area contributed by atoms with Crippen LogP contribution in [0.25, 0.3) is 0 Å². The van der Waals surface area contributed by atoms with Crippen LogP contribution >= 0.6 is 0 Å². The van der Waals surface area contributed by atoms with Gasteiger partial charge in [0.15, 0.2) is 0 Å². The zero-order valence-electron chi connectivity index (χ0n) is 14.6. The molecule has 0 fully saturated rings. The summed E-state index contributed by atoms with van der Waals surface area (Å²) in [7, 11) is 1.58. The molecule has 0 aromatic carbocycles. The highest BCUT2D eigenvalue weighted by Crippen LogP contribution is 2.06. The highest BCUT2D eigenvalue weighted by molar-refractivity contribution is 5.66. The average molecular weight is 330 g/mol. The van der Waals surface area contributed by atoms with Crippen LogP contribution in [-0.2, 0) is 14.3 Å². The molecule has 0 aliphatic carbocycles. The number of carboxylic acid groups (broad SMARTS) is 1. The van der Waals surface area contributed by atoms with Gasteiger partial charge in [0, 0.05) is 20.0 Å². The average Bonchev–Trinajstić information content (AvgIpc) is 2.56. The van der Waals surface area contributed by atoms with E-state index in [9.17, 15) is 4.79 Å². The fourth-order valence-corrected chi connectivity index (χ4v) is 1.68. The van der Waals surface area contributed by atoms with Crippen molar-refractivity contribution in [3.05, 3.63) is 12.2 Å². The Bertz CT molecular complexity index is 543. The minimum Gasteiger partial charge on any atom is -0.481 e. The third-order valence-electron chi connectivity index (χ3n) is 2.94. The SMILES string of the molecule is COCOC(C)/C=C/C#CC#CC#CCCCCCCCC(=O)O. The van der Waals surface area contributed by atoms with Gasteiger partial charge >= 0.3 is 5.97 Å². The van der Waals surface area contributed by atoms with Crippen molar-refractivity contribution in [2.75, 3.05) is 13.9 Å². The molecule has 0 aromatic heterocycles. The van der Waals surface area contributed by atoms with Crippen LogP contribution in [0.4, 0.5) is 0 Å². The normalized spacial score (nSPS) is 10.8. The van der Waals surface area contributed by atoms with Gasteiger partial charge in [-0.1, -0.05) is 31.1 Å². The number of aliphatic carboxylic acids is 1. The monoisotopic (exact) mass is 330 g/mol. The summed E-state index contributed by atoms with van der Waals surface area (Å²) in [5, 5.41) is 8.51. The van der Waals surface area contributed by atoms with Gasteiger partial charge in [-0.05, 0) is 55.6 Å². The van der Waals surface area contributed by atoms with Gasteiger partial charge in [0.05, 0.1) is 6.10 Å². The molecule has 1 N–H and O–H groups in total.